The fourth-order valence-electron chi connectivity index (χ4n) is 1.74. The normalized spacial score (nSPS) is 10.5. The van der Waals surface area contributed by atoms with Gasteiger partial charge in [-0.2, -0.15) is 0 Å². The maximum atomic E-state index is 11.9. The van der Waals surface area contributed by atoms with Crippen molar-refractivity contribution in [1.82, 2.24) is 10.2 Å². The number of rotatable bonds is 6. The fraction of sp³-hybridized carbons (Fsp3) is 0.357. The molecule has 0 atom stereocenters. The van der Waals surface area contributed by atoms with Crippen molar-refractivity contribution in [3.05, 3.63) is 28.3 Å². The lowest BCUT2D eigenvalue weighted by molar-refractivity contribution is -0.118. The zero-order chi connectivity index (χ0) is 16.1. The van der Waals surface area contributed by atoms with Gasteiger partial charge in [-0.3, -0.25) is 10.1 Å². The Bertz CT molecular complexity index is 653. The summed E-state index contributed by atoms with van der Waals surface area (Å²) < 4.78 is 6.33. The van der Waals surface area contributed by atoms with Crippen molar-refractivity contribution < 1.29 is 9.53 Å². The van der Waals surface area contributed by atoms with Gasteiger partial charge < -0.3 is 4.74 Å². The molecule has 0 aliphatic rings. The molecule has 2 rings (SSSR count). The molecular formula is C14H16ClN3O2S2. The van der Waals surface area contributed by atoms with Gasteiger partial charge in [-0.15, -0.1) is 10.2 Å². The second-order valence-corrected chi connectivity index (χ2v) is 7.38. The van der Waals surface area contributed by atoms with Gasteiger partial charge in [-0.25, -0.2) is 0 Å². The molecule has 0 saturated carbocycles. The number of ether oxygens (including phenoxy) is 1. The van der Waals surface area contributed by atoms with Crippen LogP contribution in [-0.4, -0.2) is 28.5 Å². The number of hydrogen-bond donors (Lipinski definition) is 1. The average molecular weight is 358 g/mol. The summed E-state index contributed by atoms with van der Waals surface area (Å²) in [6.07, 6.45) is 0. The standard InChI is InChI=1S/C14H16ClN3O2S2/c1-4-21-14-18-17-13(22-14)16-11(19)7-20-10-5-8(2)12(15)9(3)6-10/h5-6H,4,7H2,1-3H3,(H,16,17,19). The number of thioether (sulfide) groups is 1. The minimum absolute atomic E-state index is 0.0870. The Morgan fingerprint density at radius 3 is 2.68 bits per heavy atom. The number of nitrogens with zero attached hydrogens (tertiary/aromatic N) is 2. The molecule has 5 nitrogen and oxygen atoms in total. The lowest BCUT2D eigenvalue weighted by Gasteiger charge is -2.09. The van der Waals surface area contributed by atoms with Gasteiger partial charge in [0.2, 0.25) is 5.13 Å². The number of benzene rings is 1. The quantitative estimate of drug-likeness (QED) is 0.626. The topological polar surface area (TPSA) is 64.1 Å². The third-order valence-corrected chi connectivity index (χ3v) is 5.15. The largest absolute Gasteiger partial charge is 0.484 e. The van der Waals surface area contributed by atoms with Crippen molar-refractivity contribution in [2.75, 3.05) is 17.7 Å². The van der Waals surface area contributed by atoms with Gasteiger partial charge in [0.05, 0.1) is 0 Å². The van der Waals surface area contributed by atoms with E-state index in [9.17, 15) is 4.79 Å². The molecule has 0 radical (unpaired) electrons. The van der Waals surface area contributed by atoms with E-state index in [2.05, 4.69) is 15.5 Å². The van der Waals surface area contributed by atoms with Crippen LogP contribution in [0, 0.1) is 13.8 Å². The Morgan fingerprint density at radius 2 is 2.05 bits per heavy atom. The fourth-order valence-corrected chi connectivity index (χ4v) is 3.51. The summed E-state index contributed by atoms with van der Waals surface area (Å²) in [7, 11) is 0. The molecule has 0 aliphatic heterocycles. The number of anilines is 1. The van der Waals surface area contributed by atoms with Crippen LogP contribution in [0.25, 0.3) is 0 Å². The Kier molecular flexibility index (Phi) is 6.05. The summed E-state index contributed by atoms with van der Waals surface area (Å²) in [6, 6.07) is 3.62. The molecule has 0 unspecified atom stereocenters. The Labute approximate surface area is 142 Å². The van der Waals surface area contributed by atoms with Gasteiger partial charge in [0.1, 0.15) is 5.75 Å². The van der Waals surface area contributed by atoms with Gasteiger partial charge in [0.15, 0.2) is 10.9 Å². The zero-order valence-corrected chi connectivity index (χ0v) is 14.9. The number of aromatic nitrogens is 2. The van der Waals surface area contributed by atoms with Crippen molar-refractivity contribution in [2.24, 2.45) is 0 Å². The highest BCUT2D eigenvalue weighted by molar-refractivity contribution is 8.01. The molecule has 118 valence electrons. The molecule has 0 fully saturated rings. The van der Waals surface area contributed by atoms with E-state index < -0.39 is 0 Å². The zero-order valence-electron chi connectivity index (χ0n) is 12.5. The van der Waals surface area contributed by atoms with Crippen LogP contribution < -0.4 is 10.1 Å². The number of aryl methyl sites for hydroxylation is 2. The Morgan fingerprint density at radius 1 is 1.36 bits per heavy atom. The number of carbonyl (C=O) groups is 1. The van der Waals surface area contributed by atoms with E-state index in [-0.39, 0.29) is 12.5 Å². The molecule has 22 heavy (non-hydrogen) atoms. The maximum absolute atomic E-state index is 11.9. The lowest BCUT2D eigenvalue weighted by atomic mass is 10.1. The van der Waals surface area contributed by atoms with E-state index in [1.54, 1.807) is 11.8 Å². The van der Waals surface area contributed by atoms with Gasteiger partial charge >= 0.3 is 0 Å². The van der Waals surface area contributed by atoms with Crippen LogP contribution in [0.1, 0.15) is 18.1 Å². The summed E-state index contributed by atoms with van der Waals surface area (Å²) in [5.41, 5.74) is 1.84. The summed E-state index contributed by atoms with van der Waals surface area (Å²) in [5.74, 6) is 1.27. The molecule has 1 aromatic heterocycles. The minimum Gasteiger partial charge on any atom is -0.484 e. The predicted molar refractivity (Wildman–Crippen MR) is 91.4 cm³/mol. The molecule has 2 aromatic rings. The molecule has 1 N–H and O–H groups in total. The third kappa shape index (κ3) is 4.59. The van der Waals surface area contributed by atoms with E-state index in [0.29, 0.717) is 15.9 Å². The molecule has 0 saturated heterocycles. The van der Waals surface area contributed by atoms with E-state index in [0.717, 1.165) is 21.2 Å². The first kappa shape index (κ1) is 17.1. The van der Waals surface area contributed by atoms with Gasteiger partial charge in [0.25, 0.3) is 5.91 Å². The van der Waals surface area contributed by atoms with Crippen LogP contribution in [0.3, 0.4) is 0 Å². The van der Waals surface area contributed by atoms with E-state index in [1.807, 2.05) is 32.9 Å². The predicted octanol–water partition coefficient (Wildman–Crippen LogP) is 3.94. The molecule has 8 heteroatoms. The van der Waals surface area contributed by atoms with Crippen molar-refractivity contribution in [2.45, 2.75) is 25.1 Å². The number of halogens is 1. The summed E-state index contributed by atoms with van der Waals surface area (Å²) in [4.78, 5) is 11.9. The van der Waals surface area contributed by atoms with Crippen LogP contribution in [0.4, 0.5) is 5.13 Å². The molecule has 1 aromatic carbocycles. The summed E-state index contributed by atoms with van der Waals surface area (Å²) in [5, 5.41) is 11.8. The van der Waals surface area contributed by atoms with Crippen LogP contribution in [-0.2, 0) is 4.79 Å². The number of carbonyl (C=O) groups excluding carboxylic acids is 1. The lowest BCUT2D eigenvalue weighted by Crippen LogP contribution is -2.20. The summed E-state index contributed by atoms with van der Waals surface area (Å²) in [6.45, 7) is 5.75. The first-order valence-electron chi connectivity index (χ1n) is 6.65. The highest BCUT2D eigenvalue weighted by Gasteiger charge is 2.10. The van der Waals surface area contributed by atoms with Crippen molar-refractivity contribution in [1.29, 1.82) is 0 Å². The highest BCUT2D eigenvalue weighted by Crippen LogP contribution is 2.26. The van der Waals surface area contributed by atoms with E-state index in [1.165, 1.54) is 11.3 Å². The first-order chi connectivity index (χ1) is 10.5. The Hall–Kier alpha value is -1.31. The van der Waals surface area contributed by atoms with Gasteiger partial charge in [0, 0.05) is 5.02 Å². The smallest absolute Gasteiger partial charge is 0.264 e. The van der Waals surface area contributed by atoms with Crippen LogP contribution in [0.15, 0.2) is 16.5 Å². The van der Waals surface area contributed by atoms with Crippen molar-refractivity contribution in [3.8, 4) is 5.75 Å². The minimum atomic E-state index is -0.269. The van der Waals surface area contributed by atoms with E-state index >= 15 is 0 Å². The Balaban J connectivity index is 1.89. The molecule has 1 amide bonds. The van der Waals surface area contributed by atoms with Gasteiger partial charge in [-0.1, -0.05) is 41.6 Å². The highest BCUT2D eigenvalue weighted by atomic mass is 35.5. The monoisotopic (exact) mass is 357 g/mol. The van der Waals surface area contributed by atoms with Crippen molar-refractivity contribution in [3.63, 3.8) is 0 Å². The molecule has 0 spiro atoms. The average Bonchev–Trinajstić information content (AvgIpc) is 2.90. The number of hydrogen-bond acceptors (Lipinski definition) is 6. The first-order valence-corrected chi connectivity index (χ1v) is 8.83. The summed E-state index contributed by atoms with van der Waals surface area (Å²) >= 11 is 9.03. The molecule has 0 aliphatic carbocycles. The van der Waals surface area contributed by atoms with Crippen LogP contribution in [0.2, 0.25) is 5.02 Å². The van der Waals surface area contributed by atoms with Crippen molar-refractivity contribution >= 4 is 45.7 Å². The maximum Gasteiger partial charge on any atom is 0.264 e. The second kappa shape index (κ2) is 7.80. The van der Waals surface area contributed by atoms with Crippen LogP contribution >= 0.6 is 34.7 Å². The van der Waals surface area contributed by atoms with Crippen LogP contribution in [0.5, 0.6) is 5.75 Å². The SMILES string of the molecule is CCSc1nnc(NC(=O)COc2cc(C)c(Cl)c(C)c2)s1. The molecule has 1 heterocycles. The number of nitrogens with one attached hydrogen (secondary N) is 1. The molecular weight excluding hydrogens is 342 g/mol. The second-order valence-electron chi connectivity index (χ2n) is 4.51. The molecule has 0 bridgehead atoms. The third-order valence-electron chi connectivity index (χ3n) is 2.70. The number of amides is 1. The van der Waals surface area contributed by atoms with Gasteiger partial charge in [-0.05, 0) is 42.9 Å². The van der Waals surface area contributed by atoms with E-state index in [4.69, 9.17) is 16.3 Å².